The largest absolute Gasteiger partial charge is 0.464 e. The smallest absolute Gasteiger partial charge is 0.340 e. The van der Waals surface area contributed by atoms with Gasteiger partial charge in [0.2, 0.25) is 6.29 Å². The summed E-state index contributed by atoms with van der Waals surface area (Å²) in [4.78, 5) is 2.05. The van der Waals surface area contributed by atoms with Gasteiger partial charge in [0, 0.05) is 56.6 Å². The van der Waals surface area contributed by atoms with Gasteiger partial charge >= 0.3 is 7.67 Å². The third-order valence-corrected chi connectivity index (χ3v) is 8.57. The van der Waals surface area contributed by atoms with Gasteiger partial charge in [0.05, 0.1) is 6.61 Å². The zero-order valence-corrected chi connectivity index (χ0v) is 24.0. The first kappa shape index (κ1) is 28.9. The van der Waals surface area contributed by atoms with Crippen LogP contribution in [0.2, 0.25) is 0 Å². The lowest BCUT2D eigenvalue weighted by atomic mass is 9.78. The van der Waals surface area contributed by atoms with E-state index in [1.807, 2.05) is 67.5 Å². The van der Waals surface area contributed by atoms with Crippen molar-refractivity contribution in [3.05, 3.63) is 95.6 Å². The van der Waals surface area contributed by atoms with Crippen molar-refractivity contribution in [3.8, 4) is 5.75 Å². The molecule has 7 nitrogen and oxygen atoms in total. The molecular weight excluding hydrogens is 544 g/mol. The van der Waals surface area contributed by atoms with Crippen molar-refractivity contribution in [2.24, 2.45) is 5.50 Å². The highest BCUT2D eigenvalue weighted by Gasteiger charge is 2.46. The number of alkyl halides is 2. The molecule has 38 heavy (non-hydrogen) atoms. The zero-order valence-electron chi connectivity index (χ0n) is 21.6. The van der Waals surface area contributed by atoms with E-state index in [0.717, 1.165) is 22.4 Å². The van der Waals surface area contributed by atoms with Gasteiger partial charge in [-0.3, -0.25) is 4.57 Å². The minimum Gasteiger partial charge on any atom is -0.464 e. The molecule has 0 fully saturated rings. The van der Waals surface area contributed by atoms with Crippen LogP contribution >= 0.6 is 30.9 Å². The van der Waals surface area contributed by atoms with E-state index in [1.165, 1.54) is 4.67 Å². The Morgan fingerprint density at radius 2 is 1.53 bits per heavy atom. The van der Waals surface area contributed by atoms with E-state index in [1.54, 1.807) is 0 Å². The summed E-state index contributed by atoms with van der Waals surface area (Å²) in [6.07, 6.45) is -0.393. The van der Waals surface area contributed by atoms with Crippen molar-refractivity contribution in [2.75, 3.05) is 50.5 Å². The quantitative estimate of drug-likeness (QED) is 0.208. The summed E-state index contributed by atoms with van der Waals surface area (Å²) in [6, 6.07) is 26.3. The molecule has 204 valence electrons. The zero-order chi connectivity index (χ0) is 27.2. The van der Waals surface area contributed by atoms with Crippen LogP contribution in [0.5, 0.6) is 5.75 Å². The lowest BCUT2D eigenvalue weighted by Crippen LogP contribution is -2.44. The van der Waals surface area contributed by atoms with Crippen LogP contribution in [0.4, 0.5) is 5.69 Å². The molecule has 0 radical (unpaired) electrons. The molecule has 2 unspecified atom stereocenters. The molecule has 0 aliphatic carbocycles. The second-order valence-electron chi connectivity index (χ2n) is 9.17. The summed E-state index contributed by atoms with van der Waals surface area (Å²) in [5, 5.41) is 0. The van der Waals surface area contributed by atoms with Crippen molar-refractivity contribution in [2.45, 2.75) is 18.3 Å². The first-order valence-electron chi connectivity index (χ1n) is 12.5. The third-order valence-electron chi connectivity index (χ3n) is 6.50. The van der Waals surface area contributed by atoms with E-state index in [2.05, 4.69) is 30.3 Å². The van der Waals surface area contributed by atoms with E-state index in [-0.39, 0.29) is 18.4 Å². The predicted octanol–water partition coefficient (Wildman–Crippen LogP) is 6.03. The maximum Gasteiger partial charge on any atom is 0.340 e. The standard InChI is InChI=1S/C28H34Cl2N3O4P/c1-32(2)24-13-14-26-25(21-24)28(22-9-5-3-6-10-22,23-11-7-4-8-12-23)37-27(36-26)15-20-35-38(31,34)33(18-16-29)19-17-30/h3-14,21,27H,15-20H2,1-2H3,(H2,31,34). The number of anilines is 1. The molecule has 4 rings (SSSR count). The Morgan fingerprint density at radius 3 is 2.05 bits per heavy atom. The van der Waals surface area contributed by atoms with Crippen molar-refractivity contribution in [1.29, 1.82) is 0 Å². The van der Waals surface area contributed by atoms with Gasteiger partial charge in [0.25, 0.3) is 0 Å². The van der Waals surface area contributed by atoms with Gasteiger partial charge in [0.15, 0.2) is 5.60 Å². The van der Waals surface area contributed by atoms with Crippen LogP contribution in [-0.4, -0.2) is 56.5 Å². The second kappa shape index (κ2) is 12.8. The normalized spacial score (nSPS) is 17.9. The molecule has 1 aliphatic heterocycles. The van der Waals surface area contributed by atoms with Gasteiger partial charge in [-0.15, -0.1) is 23.2 Å². The summed E-state index contributed by atoms with van der Waals surface area (Å²) >= 11 is 11.7. The molecular formula is C28H34Cl2N3O4P. The van der Waals surface area contributed by atoms with E-state index < -0.39 is 19.6 Å². The molecule has 0 spiro atoms. The molecule has 2 N–H and O–H groups in total. The van der Waals surface area contributed by atoms with Gasteiger partial charge < -0.3 is 18.9 Å². The van der Waals surface area contributed by atoms with E-state index in [9.17, 15) is 4.57 Å². The van der Waals surface area contributed by atoms with Gasteiger partial charge in [-0.05, 0) is 29.3 Å². The molecule has 1 heterocycles. The maximum atomic E-state index is 13.1. The Hall–Kier alpha value is -2.09. The second-order valence-corrected chi connectivity index (χ2v) is 11.9. The molecule has 1 aliphatic rings. The highest BCUT2D eigenvalue weighted by Crippen LogP contribution is 2.50. The minimum atomic E-state index is -3.59. The minimum absolute atomic E-state index is 0.0598. The lowest BCUT2D eigenvalue weighted by Gasteiger charge is -2.43. The Balaban J connectivity index is 1.70. The van der Waals surface area contributed by atoms with Crippen LogP contribution in [0.1, 0.15) is 23.1 Å². The fourth-order valence-corrected chi connectivity index (χ4v) is 6.56. The number of benzene rings is 3. The average Bonchev–Trinajstić information content (AvgIpc) is 2.93. The summed E-state index contributed by atoms with van der Waals surface area (Å²) in [5.74, 6) is 1.23. The van der Waals surface area contributed by atoms with E-state index in [4.69, 9.17) is 42.7 Å². The first-order valence-corrected chi connectivity index (χ1v) is 15.2. The van der Waals surface area contributed by atoms with Gasteiger partial charge in [-0.2, -0.15) is 0 Å². The number of hydrogen-bond donors (Lipinski definition) is 1. The first-order chi connectivity index (χ1) is 18.3. The molecule has 0 saturated heterocycles. The number of fused-ring (bicyclic) bond motifs is 1. The highest BCUT2D eigenvalue weighted by atomic mass is 35.5. The summed E-state index contributed by atoms with van der Waals surface area (Å²) < 4.78 is 33.5. The average molecular weight is 578 g/mol. The monoisotopic (exact) mass is 577 g/mol. The van der Waals surface area contributed by atoms with E-state index in [0.29, 0.717) is 25.3 Å². The van der Waals surface area contributed by atoms with Crippen molar-refractivity contribution in [3.63, 3.8) is 0 Å². The number of ether oxygens (including phenoxy) is 2. The van der Waals surface area contributed by atoms with E-state index >= 15 is 0 Å². The molecule has 0 bridgehead atoms. The SMILES string of the molecule is CN(C)c1ccc2c(c1)C(c1ccccc1)(c1ccccc1)OC(CCOP(N)(=O)N(CCCl)CCCl)O2. The summed E-state index contributed by atoms with van der Waals surface area (Å²) in [5.41, 5.74) is 8.98. The molecule has 0 amide bonds. The summed E-state index contributed by atoms with van der Waals surface area (Å²) in [7, 11) is 0.416. The van der Waals surface area contributed by atoms with Gasteiger partial charge in [-0.1, -0.05) is 60.7 Å². The molecule has 2 atom stereocenters. The van der Waals surface area contributed by atoms with Crippen molar-refractivity contribution >= 4 is 36.6 Å². The Morgan fingerprint density at radius 1 is 0.947 bits per heavy atom. The van der Waals surface area contributed by atoms with Crippen LogP contribution in [0.25, 0.3) is 0 Å². The molecule has 0 aromatic heterocycles. The van der Waals surface area contributed by atoms with Crippen LogP contribution < -0.4 is 15.1 Å². The van der Waals surface area contributed by atoms with Crippen LogP contribution in [-0.2, 0) is 19.4 Å². The third kappa shape index (κ3) is 6.21. The predicted molar refractivity (Wildman–Crippen MR) is 154 cm³/mol. The molecule has 3 aromatic rings. The van der Waals surface area contributed by atoms with Crippen molar-refractivity contribution < 1.29 is 18.6 Å². The Bertz CT molecular complexity index is 1190. The topological polar surface area (TPSA) is 77.3 Å². The number of nitrogens with zero attached hydrogens (tertiary/aromatic N) is 2. The summed E-state index contributed by atoms with van der Waals surface area (Å²) in [6.45, 7) is 0.681. The van der Waals surface area contributed by atoms with Crippen LogP contribution in [0.3, 0.4) is 0 Å². The Kier molecular flexibility index (Phi) is 9.77. The van der Waals surface area contributed by atoms with Crippen LogP contribution in [0, 0.1) is 0 Å². The van der Waals surface area contributed by atoms with Crippen molar-refractivity contribution in [1.82, 2.24) is 4.67 Å². The molecule has 10 heteroatoms. The molecule has 3 aromatic carbocycles. The number of hydrogen-bond acceptors (Lipinski definition) is 5. The number of rotatable bonds is 12. The molecule has 0 saturated carbocycles. The number of nitrogens with two attached hydrogens (primary N) is 1. The fourth-order valence-electron chi connectivity index (χ4n) is 4.62. The maximum absolute atomic E-state index is 13.1. The van der Waals surface area contributed by atoms with Crippen LogP contribution in [0.15, 0.2) is 78.9 Å². The van der Waals surface area contributed by atoms with Gasteiger partial charge in [-0.25, -0.2) is 10.2 Å². The number of halogens is 2. The highest BCUT2D eigenvalue weighted by molar-refractivity contribution is 7.53. The fraction of sp³-hybridized carbons (Fsp3) is 0.357. The Labute approximate surface area is 234 Å². The lowest BCUT2D eigenvalue weighted by molar-refractivity contribution is -0.168. The van der Waals surface area contributed by atoms with Gasteiger partial charge in [0.1, 0.15) is 5.75 Å².